The van der Waals surface area contributed by atoms with Gasteiger partial charge in [-0.25, -0.2) is 0 Å². The quantitative estimate of drug-likeness (QED) is 0.424. The third-order valence-electron chi connectivity index (χ3n) is 5.08. The van der Waals surface area contributed by atoms with Gasteiger partial charge in [-0.1, -0.05) is 55.8 Å². The smallest absolute Gasteiger partial charge is 0.251 e. The van der Waals surface area contributed by atoms with Crippen LogP contribution in [0.2, 0.25) is 0 Å². The first kappa shape index (κ1) is 22.4. The van der Waals surface area contributed by atoms with Crippen LogP contribution in [0.3, 0.4) is 0 Å². The van der Waals surface area contributed by atoms with Gasteiger partial charge in [-0.3, -0.25) is 4.79 Å². The number of amides is 1. The zero-order valence-electron chi connectivity index (χ0n) is 18.6. The van der Waals surface area contributed by atoms with E-state index in [-0.39, 0.29) is 11.9 Å². The van der Waals surface area contributed by atoms with E-state index in [1.807, 2.05) is 68.4 Å². The zero-order chi connectivity index (χ0) is 22.1. The average Bonchev–Trinajstić information content (AvgIpc) is 2.79. The van der Waals surface area contributed by atoms with Crippen molar-refractivity contribution in [3.05, 3.63) is 83.9 Å². The highest BCUT2D eigenvalue weighted by Gasteiger charge is 2.13. The van der Waals surface area contributed by atoms with E-state index in [4.69, 9.17) is 9.47 Å². The summed E-state index contributed by atoms with van der Waals surface area (Å²) in [5.74, 6) is 1.44. The van der Waals surface area contributed by atoms with Gasteiger partial charge in [0.05, 0.1) is 6.61 Å². The van der Waals surface area contributed by atoms with Gasteiger partial charge in [0, 0.05) is 17.2 Å². The number of nitrogens with one attached hydrogen (secondary N) is 1. The van der Waals surface area contributed by atoms with Crippen LogP contribution < -0.4 is 14.8 Å². The van der Waals surface area contributed by atoms with E-state index in [0.29, 0.717) is 18.8 Å². The monoisotopic (exact) mass is 417 g/mol. The van der Waals surface area contributed by atoms with Crippen LogP contribution in [0.15, 0.2) is 72.8 Å². The van der Waals surface area contributed by atoms with Crippen molar-refractivity contribution in [2.75, 3.05) is 6.61 Å². The summed E-state index contributed by atoms with van der Waals surface area (Å²) in [6, 6.07) is 23.9. The molecular weight excluding hydrogens is 386 g/mol. The number of benzene rings is 3. The van der Waals surface area contributed by atoms with Crippen molar-refractivity contribution in [2.24, 2.45) is 0 Å². The molecule has 1 N–H and O–H groups in total. The van der Waals surface area contributed by atoms with Crippen molar-refractivity contribution < 1.29 is 14.3 Å². The molecule has 4 nitrogen and oxygen atoms in total. The molecule has 162 valence electrons. The van der Waals surface area contributed by atoms with Gasteiger partial charge in [0.1, 0.15) is 18.1 Å². The maximum Gasteiger partial charge on any atom is 0.251 e. The minimum atomic E-state index is -0.0718. The molecule has 0 spiro atoms. The van der Waals surface area contributed by atoms with Gasteiger partial charge in [0.25, 0.3) is 5.91 Å². The molecule has 0 fully saturated rings. The fourth-order valence-electron chi connectivity index (χ4n) is 3.48. The first-order valence-corrected chi connectivity index (χ1v) is 11.0. The Labute approximate surface area is 185 Å². The van der Waals surface area contributed by atoms with Gasteiger partial charge in [-0.15, -0.1) is 0 Å². The molecule has 0 aromatic heterocycles. The largest absolute Gasteiger partial charge is 0.493 e. The van der Waals surface area contributed by atoms with E-state index < -0.39 is 0 Å². The molecule has 0 saturated heterocycles. The number of rotatable bonds is 10. The van der Waals surface area contributed by atoms with E-state index >= 15 is 0 Å². The molecule has 0 aliphatic carbocycles. The normalized spacial score (nSPS) is 11.6. The van der Waals surface area contributed by atoms with Crippen LogP contribution in [0.25, 0.3) is 11.1 Å². The van der Waals surface area contributed by atoms with Crippen LogP contribution in [0, 0.1) is 0 Å². The number of carbonyl (C=O) groups is 1. The van der Waals surface area contributed by atoms with Crippen molar-refractivity contribution >= 4 is 5.91 Å². The topological polar surface area (TPSA) is 47.6 Å². The minimum Gasteiger partial charge on any atom is -0.493 e. The summed E-state index contributed by atoms with van der Waals surface area (Å²) in [6.45, 7) is 6.96. The third-order valence-corrected chi connectivity index (χ3v) is 5.08. The van der Waals surface area contributed by atoms with Crippen LogP contribution in [-0.2, 0) is 6.61 Å². The average molecular weight is 418 g/mol. The molecule has 0 heterocycles. The minimum absolute atomic E-state index is 0.0718. The summed E-state index contributed by atoms with van der Waals surface area (Å²) in [4.78, 5) is 12.6. The second kappa shape index (κ2) is 11.2. The van der Waals surface area contributed by atoms with E-state index in [9.17, 15) is 4.79 Å². The molecule has 3 rings (SSSR count). The lowest BCUT2D eigenvalue weighted by Gasteiger charge is -2.16. The summed E-state index contributed by atoms with van der Waals surface area (Å²) in [5.41, 5.74) is 3.78. The molecule has 0 aliphatic heterocycles. The van der Waals surface area contributed by atoms with Crippen LogP contribution in [0.5, 0.6) is 11.5 Å². The fourth-order valence-corrected chi connectivity index (χ4v) is 3.48. The van der Waals surface area contributed by atoms with Crippen molar-refractivity contribution in [3.63, 3.8) is 0 Å². The predicted molar refractivity (Wildman–Crippen MR) is 126 cm³/mol. The number of hydrogen-bond acceptors (Lipinski definition) is 3. The number of ether oxygens (including phenoxy) is 2. The van der Waals surface area contributed by atoms with E-state index in [0.717, 1.165) is 35.5 Å². The molecule has 0 bridgehead atoms. The van der Waals surface area contributed by atoms with Gasteiger partial charge in [-0.2, -0.15) is 0 Å². The van der Waals surface area contributed by atoms with Crippen LogP contribution in [0.4, 0.5) is 0 Å². The Bertz CT molecular complexity index is 968. The Morgan fingerprint density at radius 3 is 2.29 bits per heavy atom. The molecular formula is C27H31NO3. The molecule has 3 aromatic rings. The third kappa shape index (κ3) is 6.35. The Hall–Kier alpha value is -3.27. The molecule has 1 atom stereocenters. The first-order valence-electron chi connectivity index (χ1n) is 11.0. The SMILES string of the molecule is CCCC(C)NC(=O)c1ccc(OCC)c(COc2ccc(-c3ccccc3)cc2)c1. The predicted octanol–water partition coefficient (Wildman–Crippen LogP) is 6.25. The molecule has 3 aromatic carbocycles. The van der Waals surface area contributed by atoms with Crippen molar-refractivity contribution in [1.82, 2.24) is 5.32 Å². The van der Waals surface area contributed by atoms with Crippen LogP contribution in [0.1, 0.15) is 49.5 Å². The maximum atomic E-state index is 12.6. The summed E-state index contributed by atoms with van der Waals surface area (Å²) < 4.78 is 11.8. The van der Waals surface area contributed by atoms with Crippen molar-refractivity contribution in [3.8, 4) is 22.6 Å². The van der Waals surface area contributed by atoms with Gasteiger partial charge in [0.15, 0.2) is 0 Å². The van der Waals surface area contributed by atoms with Crippen molar-refractivity contribution in [2.45, 2.75) is 46.3 Å². The summed E-state index contributed by atoms with van der Waals surface area (Å²) in [7, 11) is 0. The van der Waals surface area contributed by atoms with E-state index in [1.54, 1.807) is 6.07 Å². The van der Waals surface area contributed by atoms with Gasteiger partial charge in [0.2, 0.25) is 0 Å². The van der Waals surface area contributed by atoms with Crippen LogP contribution in [-0.4, -0.2) is 18.6 Å². The zero-order valence-corrected chi connectivity index (χ0v) is 18.6. The van der Waals surface area contributed by atoms with Gasteiger partial charge >= 0.3 is 0 Å². The number of carbonyl (C=O) groups excluding carboxylic acids is 1. The molecule has 1 amide bonds. The van der Waals surface area contributed by atoms with Crippen molar-refractivity contribution in [1.29, 1.82) is 0 Å². The molecule has 4 heteroatoms. The lowest BCUT2D eigenvalue weighted by molar-refractivity contribution is 0.0938. The Kier molecular flexibility index (Phi) is 8.11. The summed E-state index contributed by atoms with van der Waals surface area (Å²) in [5, 5.41) is 3.05. The second-order valence-corrected chi connectivity index (χ2v) is 7.60. The standard InChI is InChI=1S/C27H31NO3/c1-4-9-20(3)28-27(29)23-14-17-26(30-5-2)24(18-23)19-31-25-15-12-22(13-16-25)21-10-7-6-8-11-21/h6-8,10-18,20H,4-5,9,19H2,1-3H3,(H,28,29). The summed E-state index contributed by atoms with van der Waals surface area (Å²) in [6.07, 6.45) is 1.99. The van der Waals surface area contributed by atoms with E-state index in [1.165, 1.54) is 5.56 Å². The Morgan fingerprint density at radius 1 is 0.903 bits per heavy atom. The first-order chi connectivity index (χ1) is 15.1. The molecule has 31 heavy (non-hydrogen) atoms. The Balaban J connectivity index is 1.71. The number of hydrogen-bond donors (Lipinski definition) is 1. The maximum absolute atomic E-state index is 12.6. The lowest BCUT2D eigenvalue weighted by Crippen LogP contribution is -2.32. The van der Waals surface area contributed by atoms with Gasteiger partial charge in [-0.05, 0) is 61.7 Å². The second-order valence-electron chi connectivity index (χ2n) is 7.60. The molecule has 0 aliphatic rings. The highest BCUT2D eigenvalue weighted by atomic mass is 16.5. The fraction of sp³-hybridized carbons (Fsp3) is 0.296. The molecule has 0 saturated carbocycles. The molecule has 0 radical (unpaired) electrons. The highest BCUT2D eigenvalue weighted by molar-refractivity contribution is 5.94. The summed E-state index contributed by atoms with van der Waals surface area (Å²) >= 11 is 0. The molecule has 1 unspecified atom stereocenters. The van der Waals surface area contributed by atoms with E-state index in [2.05, 4.69) is 24.4 Å². The van der Waals surface area contributed by atoms with Gasteiger partial charge < -0.3 is 14.8 Å². The van der Waals surface area contributed by atoms with Crippen LogP contribution >= 0.6 is 0 Å². The highest BCUT2D eigenvalue weighted by Crippen LogP contribution is 2.25. The Morgan fingerprint density at radius 2 is 1.61 bits per heavy atom. The lowest BCUT2D eigenvalue weighted by atomic mass is 10.1.